The zero-order chi connectivity index (χ0) is 16.1. The third-order valence-electron chi connectivity index (χ3n) is 3.05. The summed E-state index contributed by atoms with van der Waals surface area (Å²) in [6.07, 6.45) is -0.995. The van der Waals surface area contributed by atoms with Crippen LogP contribution in [0.5, 0.6) is 0 Å². The summed E-state index contributed by atoms with van der Waals surface area (Å²) in [4.78, 5) is 21.8. The molecule has 0 saturated carbocycles. The molecule has 0 aromatic heterocycles. The fourth-order valence-electron chi connectivity index (χ4n) is 1.83. The van der Waals surface area contributed by atoms with Gasteiger partial charge in [0.05, 0.1) is 11.0 Å². The molecule has 0 aliphatic rings. The first-order chi connectivity index (χ1) is 10.5. The van der Waals surface area contributed by atoms with Crippen molar-refractivity contribution in [2.75, 3.05) is 6.54 Å². The number of nitro benzene ring substituents is 1. The molecular weight excluding hydrogens is 291 g/mol. The fraction of sp³-hybridized carbons (Fsp3) is 0.133. The van der Waals surface area contributed by atoms with Gasteiger partial charge in [-0.05, 0) is 42.0 Å². The number of nitrogens with one attached hydrogen (secondary N) is 1. The maximum absolute atomic E-state index is 12.8. The van der Waals surface area contributed by atoms with Crippen LogP contribution in [0.3, 0.4) is 0 Å². The molecule has 0 bridgehead atoms. The first-order valence-corrected chi connectivity index (χ1v) is 6.43. The van der Waals surface area contributed by atoms with Gasteiger partial charge in [0, 0.05) is 24.2 Å². The number of carbonyl (C=O) groups excluding carboxylic acids is 1. The minimum absolute atomic E-state index is 0.0615. The van der Waals surface area contributed by atoms with Crippen molar-refractivity contribution >= 4 is 11.6 Å². The van der Waals surface area contributed by atoms with Crippen molar-refractivity contribution in [1.29, 1.82) is 0 Å². The summed E-state index contributed by atoms with van der Waals surface area (Å²) in [6.45, 7) is -0.0615. The fourth-order valence-corrected chi connectivity index (χ4v) is 1.83. The molecule has 1 amide bonds. The number of benzene rings is 2. The van der Waals surface area contributed by atoms with Gasteiger partial charge in [-0.2, -0.15) is 0 Å². The number of non-ortho nitro benzene ring substituents is 1. The first-order valence-electron chi connectivity index (χ1n) is 6.43. The molecule has 0 spiro atoms. The summed E-state index contributed by atoms with van der Waals surface area (Å²) < 4.78 is 12.8. The number of nitrogens with zero attached hydrogens (tertiary/aromatic N) is 1. The summed E-state index contributed by atoms with van der Waals surface area (Å²) in [7, 11) is 0. The van der Waals surface area contributed by atoms with Gasteiger partial charge in [-0.3, -0.25) is 14.9 Å². The molecule has 0 radical (unpaired) electrons. The number of hydrogen-bond donors (Lipinski definition) is 2. The number of halogens is 1. The van der Waals surface area contributed by atoms with Crippen molar-refractivity contribution in [1.82, 2.24) is 5.32 Å². The molecule has 0 saturated heterocycles. The number of amides is 1. The van der Waals surface area contributed by atoms with Crippen LogP contribution >= 0.6 is 0 Å². The van der Waals surface area contributed by atoms with E-state index in [1.165, 1.54) is 48.5 Å². The number of nitro groups is 1. The number of rotatable bonds is 5. The third-order valence-corrected chi connectivity index (χ3v) is 3.05. The van der Waals surface area contributed by atoms with Crippen LogP contribution in [0.1, 0.15) is 22.0 Å². The monoisotopic (exact) mass is 304 g/mol. The summed E-state index contributed by atoms with van der Waals surface area (Å²) in [6, 6.07) is 10.4. The maximum atomic E-state index is 12.8. The lowest BCUT2D eigenvalue weighted by molar-refractivity contribution is -0.384. The number of carbonyl (C=O) groups is 1. The molecule has 6 nitrogen and oxygen atoms in total. The number of aliphatic hydroxyl groups is 1. The maximum Gasteiger partial charge on any atom is 0.269 e. The molecule has 2 aromatic rings. The Kier molecular flexibility index (Phi) is 4.80. The molecule has 114 valence electrons. The minimum atomic E-state index is -0.995. The highest BCUT2D eigenvalue weighted by atomic mass is 19.1. The van der Waals surface area contributed by atoms with Crippen LogP contribution in [0.15, 0.2) is 48.5 Å². The van der Waals surface area contributed by atoms with Gasteiger partial charge < -0.3 is 10.4 Å². The van der Waals surface area contributed by atoms with E-state index in [0.29, 0.717) is 5.56 Å². The summed E-state index contributed by atoms with van der Waals surface area (Å²) in [5, 5.41) is 23.0. The SMILES string of the molecule is O=C(NCC(O)c1ccc([N+](=O)[O-])cc1)c1ccc(F)cc1. The second kappa shape index (κ2) is 6.77. The van der Waals surface area contributed by atoms with Crippen LogP contribution < -0.4 is 5.32 Å². The second-order valence-electron chi connectivity index (χ2n) is 4.58. The van der Waals surface area contributed by atoms with Gasteiger partial charge in [0.2, 0.25) is 0 Å². The predicted octanol–water partition coefficient (Wildman–Crippen LogP) is 2.20. The molecule has 1 atom stereocenters. The second-order valence-corrected chi connectivity index (χ2v) is 4.58. The average molecular weight is 304 g/mol. The first kappa shape index (κ1) is 15.6. The summed E-state index contributed by atoms with van der Waals surface area (Å²) >= 11 is 0. The quantitative estimate of drug-likeness (QED) is 0.654. The van der Waals surface area contributed by atoms with Gasteiger partial charge in [-0.1, -0.05) is 0 Å². The molecule has 2 aromatic carbocycles. The topological polar surface area (TPSA) is 92.5 Å². The normalized spacial score (nSPS) is 11.7. The van der Waals surface area contributed by atoms with Gasteiger partial charge in [-0.15, -0.1) is 0 Å². The van der Waals surface area contributed by atoms with Crippen LogP contribution in [0, 0.1) is 15.9 Å². The molecule has 22 heavy (non-hydrogen) atoms. The van der Waals surface area contributed by atoms with Gasteiger partial charge in [0.15, 0.2) is 0 Å². The van der Waals surface area contributed by atoms with Gasteiger partial charge in [-0.25, -0.2) is 4.39 Å². The zero-order valence-electron chi connectivity index (χ0n) is 11.4. The van der Waals surface area contributed by atoms with Crippen molar-refractivity contribution in [3.05, 3.63) is 75.6 Å². The van der Waals surface area contributed by atoms with Crippen LogP contribution in [0.25, 0.3) is 0 Å². The lowest BCUT2D eigenvalue weighted by atomic mass is 10.1. The molecule has 1 unspecified atom stereocenters. The smallest absolute Gasteiger partial charge is 0.269 e. The van der Waals surface area contributed by atoms with Crippen molar-refractivity contribution in [2.24, 2.45) is 0 Å². The largest absolute Gasteiger partial charge is 0.387 e. The molecule has 0 aliphatic heterocycles. The Morgan fingerprint density at radius 3 is 2.32 bits per heavy atom. The van der Waals surface area contributed by atoms with E-state index in [0.717, 1.165) is 0 Å². The van der Waals surface area contributed by atoms with Crippen molar-refractivity contribution < 1.29 is 19.2 Å². The van der Waals surface area contributed by atoms with Crippen LogP contribution in [-0.4, -0.2) is 22.5 Å². The molecule has 7 heteroatoms. The van der Waals surface area contributed by atoms with Gasteiger partial charge in [0.25, 0.3) is 11.6 Å². The average Bonchev–Trinajstić information content (AvgIpc) is 2.53. The van der Waals surface area contributed by atoms with E-state index >= 15 is 0 Å². The minimum Gasteiger partial charge on any atom is -0.387 e. The molecule has 2 N–H and O–H groups in total. The third kappa shape index (κ3) is 3.86. The summed E-state index contributed by atoms with van der Waals surface area (Å²) in [5.41, 5.74) is 0.647. The van der Waals surface area contributed by atoms with E-state index < -0.39 is 22.8 Å². The molecule has 0 aliphatic carbocycles. The highest BCUT2D eigenvalue weighted by Crippen LogP contribution is 2.17. The highest BCUT2D eigenvalue weighted by Gasteiger charge is 2.12. The number of aliphatic hydroxyl groups excluding tert-OH is 1. The van der Waals surface area contributed by atoms with E-state index in [1.807, 2.05) is 0 Å². The van der Waals surface area contributed by atoms with Crippen molar-refractivity contribution in [2.45, 2.75) is 6.10 Å². The van der Waals surface area contributed by atoms with Crippen LogP contribution in [0.4, 0.5) is 10.1 Å². The Morgan fingerprint density at radius 1 is 1.18 bits per heavy atom. The van der Waals surface area contributed by atoms with E-state index in [1.54, 1.807) is 0 Å². The van der Waals surface area contributed by atoms with E-state index in [2.05, 4.69) is 5.32 Å². The van der Waals surface area contributed by atoms with Gasteiger partial charge in [0.1, 0.15) is 5.82 Å². The molecule has 0 heterocycles. The molecule has 0 fully saturated rings. The standard InChI is InChI=1S/C15H13FN2O4/c16-12-5-1-11(2-6-12)15(20)17-9-14(19)10-3-7-13(8-4-10)18(21)22/h1-8,14,19H,9H2,(H,17,20). The van der Waals surface area contributed by atoms with Crippen LogP contribution in [-0.2, 0) is 0 Å². The molecular formula is C15H13FN2O4. The van der Waals surface area contributed by atoms with E-state index in [4.69, 9.17) is 0 Å². The van der Waals surface area contributed by atoms with Crippen molar-refractivity contribution in [3.63, 3.8) is 0 Å². The summed E-state index contributed by atoms with van der Waals surface area (Å²) in [5.74, 6) is -0.886. The van der Waals surface area contributed by atoms with Crippen molar-refractivity contribution in [3.8, 4) is 0 Å². The van der Waals surface area contributed by atoms with E-state index in [-0.39, 0.29) is 17.8 Å². The Balaban J connectivity index is 1.94. The predicted molar refractivity (Wildman–Crippen MR) is 76.8 cm³/mol. The molecule has 2 rings (SSSR count). The highest BCUT2D eigenvalue weighted by molar-refractivity contribution is 5.94. The number of hydrogen-bond acceptors (Lipinski definition) is 4. The van der Waals surface area contributed by atoms with E-state index in [9.17, 15) is 24.4 Å². The Labute approximate surface area is 125 Å². The zero-order valence-corrected chi connectivity index (χ0v) is 11.4. The van der Waals surface area contributed by atoms with Gasteiger partial charge >= 0.3 is 0 Å². The lowest BCUT2D eigenvalue weighted by Crippen LogP contribution is -2.28. The Hall–Kier alpha value is -2.80. The lowest BCUT2D eigenvalue weighted by Gasteiger charge is -2.12. The Bertz CT molecular complexity index is 671. The van der Waals surface area contributed by atoms with Crippen LogP contribution in [0.2, 0.25) is 0 Å². The Morgan fingerprint density at radius 2 is 1.77 bits per heavy atom.